The number of fused-ring (bicyclic) bond motifs is 1. The Bertz CT molecular complexity index is 1240. The standard InChI is InChI=1S/C22H22ClF2N7O/c23-15-4-5-16(32-13-26-12-30-32)14(9-15)10-19-31-20-17(33-19)6-8-28-21(20)29-11-22(24,25)18-3-1-2-7-27-18/h4-6,8-9,12-13,18,27H,1-3,7,10-11H2,(H,28,29). The molecule has 0 amide bonds. The van der Waals surface area contributed by atoms with E-state index in [4.69, 9.17) is 16.0 Å². The second kappa shape index (κ2) is 9.03. The van der Waals surface area contributed by atoms with Crippen molar-refractivity contribution in [3.05, 3.63) is 59.6 Å². The highest BCUT2D eigenvalue weighted by Crippen LogP contribution is 2.29. The summed E-state index contributed by atoms with van der Waals surface area (Å²) in [7, 11) is 0. The van der Waals surface area contributed by atoms with Crippen LogP contribution >= 0.6 is 11.6 Å². The molecule has 0 bridgehead atoms. The van der Waals surface area contributed by atoms with E-state index in [0.29, 0.717) is 41.4 Å². The third kappa shape index (κ3) is 4.67. The Morgan fingerprint density at radius 3 is 2.97 bits per heavy atom. The molecule has 3 aromatic heterocycles. The third-order valence-corrected chi connectivity index (χ3v) is 5.95. The number of piperidine rings is 1. The van der Waals surface area contributed by atoms with E-state index >= 15 is 0 Å². The SMILES string of the molecule is FC(F)(CNc1nccc2oc(Cc3cc(Cl)ccc3-n3cncn3)nc12)C1CCCCN1. The van der Waals surface area contributed by atoms with Crippen molar-refractivity contribution in [2.75, 3.05) is 18.4 Å². The minimum Gasteiger partial charge on any atom is -0.440 e. The summed E-state index contributed by atoms with van der Waals surface area (Å²) < 4.78 is 36.9. The van der Waals surface area contributed by atoms with Crippen LogP contribution in [0.3, 0.4) is 0 Å². The Balaban J connectivity index is 1.38. The van der Waals surface area contributed by atoms with Gasteiger partial charge in [0, 0.05) is 17.3 Å². The van der Waals surface area contributed by atoms with Crippen molar-refractivity contribution < 1.29 is 13.2 Å². The summed E-state index contributed by atoms with van der Waals surface area (Å²) >= 11 is 6.20. The van der Waals surface area contributed by atoms with Crippen LogP contribution in [-0.2, 0) is 6.42 Å². The molecule has 4 heterocycles. The molecule has 0 spiro atoms. The lowest BCUT2D eigenvalue weighted by molar-refractivity contribution is -0.0319. The van der Waals surface area contributed by atoms with Gasteiger partial charge in [0.05, 0.1) is 24.7 Å². The Labute approximate surface area is 193 Å². The average molecular weight is 474 g/mol. The largest absolute Gasteiger partial charge is 0.440 e. The average Bonchev–Trinajstić information content (AvgIpc) is 3.48. The molecule has 1 aromatic carbocycles. The Kier molecular flexibility index (Phi) is 5.94. The summed E-state index contributed by atoms with van der Waals surface area (Å²) in [6.07, 6.45) is 7.05. The maximum Gasteiger partial charge on any atom is 0.279 e. The van der Waals surface area contributed by atoms with E-state index < -0.39 is 18.5 Å². The molecule has 33 heavy (non-hydrogen) atoms. The summed E-state index contributed by atoms with van der Waals surface area (Å²) in [5.41, 5.74) is 2.49. The van der Waals surface area contributed by atoms with E-state index in [9.17, 15) is 8.78 Å². The van der Waals surface area contributed by atoms with Crippen LogP contribution in [0.25, 0.3) is 16.8 Å². The second-order valence-corrected chi connectivity index (χ2v) is 8.46. The van der Waals surface area contributed by atoms with Gasteiger partial charge in [-0.25, -0.2) is 28.4 Å². The van der Waals surface area contributed by atoms with Crippen LogP contribution in [0.5, 0.6) is 0 Å². The van der Waals surface area contributed by atoms with Crippen molar-refractivity contribution in [2.45, 2.75) is 37.6 Å². The molecule has 0 aliphatic carbocycles. The van der Waals surface area contributed by atoms with Gasteiger partial charge in [-0.3, -0.25) is 0 Å². The highest BCUT2D eigenvalue weighted by molar-refractivity contribution is 6.30. The number of halogens is 3. The number of benzene rings is 1. The zero-order valence-corrected chi connectivity index (χ0v) is 18.4. The first kappa shape index (κ1) is 21.7. The topological polar surface area (TPSA) is 93.7 Å². The molecule has 8 nitrogen and oxygen atoms in total. The van der Waals surface area contributed by atoms with Crippen LogP contribution in [0.2, 0.25) is 5.02 Å². The molecule has 4 aromatic rings. The van der Waals surface area contributed by atoms with Gasteiger partial charge in [-0.05, 0) is 43.1 Å². The highest BCUT2D eigenvalue weighted by atomic mass is 35.5. The first-order valence-corrected chi connectivity index (χ1v) is 11.1. The zero-order chi connectivity index (χ0) is 22.8. The molecular weight excluding hydrogens is 452 g/mol. The summed E-state index contributed by atoms with van der Waals surface area (Å²) in [5.74, 6) is -2.24. The monoisotopic (exact) mass is 473 g/mol. The van der Waals surface area contributed by atoms with Crippen LogP contribution in [0.4, 0.5) is 14.6 Å². The van der Waals surface area contributed by atoms with E-state index in [-0.39, 0.29) is 5.82 Å². The molecular formula is C22H22ClF2N7O. The van der Waals surface area contributed by atoms with Crippen LogP contribution < -0.4 is 10.6 Å². The zero-order valence-electron chi connectivity index (χ0n) is 17.6. The normalized spacial score (nSPS) is 16.9. The Hall–Kier alpha value is -3.11. The number of aromatic nitrogens is 5. The number of rotatable bonds is 7. The van der Waals surface area contributed by atoms with Crippen molar-refractivity contribution >= 4 is 28.5 Å². The van der Waals surface area contributed by atoms with E-state index in [1.165, 1.54) is 12.5 Å². The lowest BCUT2D eigenvalue weighted by Crippen LogP contribution is -2.51. The molecule has 1 unspecified atom stereocenters. The highest BCUT2D eigenvalue weighted by Gasteiger charge is 2.40. The van der Waals surface area contributed by atoms with Crippen molar-refractivity contribution in [1.82, 2.24) is 30.0 Å². The fourth-order valence-electron chi connectivity index (χ4n) is 4.06. The number of nitrogens with one attached hydrogen (secondary N) is 2. The molecule has 1 atom stereocenters. The number of alkyl halides is 2. The number of pyridine rings is 1. The van der Waals surface area contributed by atoms with Gasteiger partial charge in [0.25, 0.3) is 5.92 Å². The predicted octanol–water partition coefficient (Wildman–Crippen LogP) is 4.24. The number of nitrogens with zero attached hydrogens (tertiary/aromatic N) is 5. The smallest absolute Gasteiger partial charge is 0.279 e. The number of hydrogen-bond donors (Lipinski definition) is 2. The fraction of sp³-hybridized carbons (Fsp3) is 0.364. The van der Waals surface area contributed by atoms with Crippen LogP contribution in [0.1, 0.15) is 30.7 Å². The molecule has 1 saturated heterocycles. The van der Waals surface area contributed by atoms with Gasteiger partial charge in [0.2, 0.25) is 0 Å². The van der Waals surface area contributed by atoms with Crippen molar-refractivity contribution in [1.29, 1.82) is 0 Å². The molecule has 11 heteroatoms. The lowest BCUT2D eigenvalue weighted by atomic mass is 9.99. The number of hydrogen-bond acceptors (Lipinski definition) is 7. The third-order valence-electron chi connectivity index (χ3n) is 5.71. The predicted molar refractivity (Wildman–Crippen MR) is 120 cm³/mol. The minimum absolute atomic E-state index is 0.264. The lowest BCUT2D eigenvalue weighted by Gasteiger charge is -2.31. The van der Waals surface area contributed by atoms with E-state index in [1.807, 2.05) is 12.1 Å². The first-order chi connectivity index (χ1) is 16.0. The molecule has 5 rings (SSSR count). The summed E-state index contributed by atoms with van der Waals surface area (Å²) in [4.78, 5) is 12.7. The number of anilines is 1. The van der Waals surface area contributed by atoms with Crippen LogP contribution in [0.15, 0.2) is 47.5 Å². The molecule has 172 valence electrons. The van der Waals surface area contributed by atoms with E-state index in [0.717, 1.165) is 24.1 Å². The minimum atomic E-state index is -2.91. The summed E-state index contributed by atoms with van der Waals surface area (Å²) in [6.45, 7) is 0.0739. The van der Waals surface area contributed by atoms with Crippen LogP contribution in [0, 0.1) is 0 Å². The fourth-order valence-corrected chi connectivity index (χ4v) is 4.25. The molecule has 2 N–H and O–H groups in total. The summed E-state index contributed by atoms with van der Waals surface area (Å²) in [5, 5.41) is 10.4. The maximum absolute atomic E-state index is 14.7. The second-order valence-electron chi connectivity index (χ2n) is 8.02. The number of oxazole rings is 1. The first-order valence-electron chi connectivity index (χ1n) is 10.7. The Morgan fingerprint density at radius 1 is 1.27 bits per heavy atom. The quantitative estimate of drug-likeness (QED) is 0.414. The van der Waals surface area contributed by atoms with Crippen LogP contribution in [-0.4, -0.2) is 49.8 Å². The summed E-state index contributed by atoms with van der Waals surface area (Å²) in [6, 6.07) is 6.23. The van der Waals surface area contributed by atoms with Gasteiger partial charge in [0.15, 0.2) is 22.8 Å². The van der Waals surface area contributed by atoms with E-state index in [2.05, 4.69) is 30.7 Å². The molecule has 0 saturated carbocycles. The van der Waals surface area contributed by atoms with Crippen molar-refractivity contribution in [3.63, 3.8) is 0 Å². The van der Waals surface area contributed by atoms with E-state index in [1.54, 1.807) is 23.1 Å². The van der Waals surface area contributed by atoms with Gasteiger partial charge < -0.3 is 15.1 Å². The van der Waals surface area contributed by atoms with Crippen molar-refractivity contribution in [2.24, 2.45) is 0 Å². The van der Waals surface area contributed by atoms with Gasteiger partial charge in [0.1, 0.15) is 12.7 Å². The molecule has 1 aliphatic heterocycles. The van der Waals surface area contributed by atoms with Crippen molar-refractivity contribution in [3.8, 4) is 5.69 Å². The maximum atomic E-state index is 14.7. The molecule has 1 aliphatic rings. The molecule has 1 fully saturated rings. The Morgan fingerprint density at radius 2 is 2.18 bits per heavy atom. The van der Waals surface area contributed by atoms with Gasteiger partial charge in [-0.15, -0.1) is 0 Å². The van der Waals surface area contributed by atoms with Gasteiger partial charge >= 0.3 is 0 Å². The molecule has 0 radical (unpaired) electrons. The van der Waals surface area contributed by atoms with Gasteiger partial charge in [-0.1, -0.05) is 18.0 Å². The van der Waals surface area contributed by atoms with Gasteiger partial charge in [-0.2, -0.15) is 5.10 Å².